The first kappa shape index (κ1) is 13.9. The van der Waals surface area contributed by atoms with Gasteiger partial charge in [-0.05, 0) is 41.4 Å². The van der Waals surface area contributed by atoms with E-state index in [2.05, 4.69) is 11.8 Å². The molecular weight excluding hydrogens is 266 g/mol. The second-order valence-electron chi connectivity index (χ2n) is 4.38. The molecule has 1 aromatic rings. The molecule has 5 heteroatoms. The highest BCUT2D eigenvalue weighted by molar-refractivity contribution is 7.99. The smallest absolute Gasteiger partial charge is 0.325 e. The van der Waals surface area contributed by atoms with E-state index in [-0.39, 0.29) is 0 Å². The van der Waals surface area contributed by atoms with Gasteiger partial charge in [0.15, 0.2) is 0 Å². The van der Waals surface area contributed by atoms with Crippen LogP contribution < -0.4 is 0 Å². The van der Waals surface area contributed by atoms with Gasteiger partial charge in [0.25, 0.3) is 0 Å². The minimum atomic E-state index is -0.711. The van der Waals surface area contributed by atoms with Crippen LogP contribution in [0.3, 0.4) is 0 Å². The summed E-state index contributed by atoms with van der Waals surface area (Å²) in [5.41, 5.74) is 1.02. The monoisotopic (exact) mass is 285 g/mol. The second-order valence-corrected chi connectivity index (χ2v) is 6.77. The first-order chi connectivity index (χ1) is 8.74. The van der Waals surface area contributed by atoms with E-state index >= 15 is 0 Å². The molecule has 3 nitrogen and oxygen atoms in total. The number of carbonyl (C=O) groups is 1. The lowest BCUT2D eigenvalue weighted by Crippen LogP contribution is -2.39. The molecule has 18 heavy (non-hydrogen) atoms. The first-order valence-electron chi connectivity index (χ1n) is 6.35. The molecule has 1 atom stereocenters. The number of nitrogens with zero attached hydrogens (tertiary/aromatic N) is 1. The van der Waals surface area contributed by atoms with Crippen LogP contribution in [0.2, 0.25) is 0 Å². The maximum absolute atomic E-state index is 11.5. The summed E-state index contributed by atoms with van der Waals surface area (Å²) < 4.78 is 0. The van der Waals surface area contributed by atoms with Crippen molar-refractivity contribution in [2.45, 2.75) is 25.8 Å². The lowest BCUT2D eigenvalue weighted by Gasteiger charge is -2.33. The van der Waals surface area contributed by atoms with Crippen LogP contribution in [0.4, 0.5) is 0 Å². The average molecular weight is 285 g/mol. The lowest BCUT2D eigenvalue weighted by atomic mass is 10.00. The summed E-state index contributed by atoms with van der Waals surface area (Å²) in [6.45, 7) is 3.92. The Balaban J connectivity index is 2.00. The molecule has 100 valence electrons. The van der Waals surface area contributed by atoms with Crippen LogP contribution in [-0.4, -0.2) is 40.6 Å². The molecule has 0 aliphatic carbocycles. The van der Waals surface area contributed by atoms with Crippen LogP contribution in [0.15, 0.2) is 11.4 Å². The minimum absolute atomic E-state index is 0.424. The number of carboxylic acid groups (broad SMARTS) is 1. The number of rotatable bonds is 6. The fourth-order valence-electron chi connectivity index (χ4n) is 2.41. The third-order valence-electron chi connectivity index (χ3n) is 3.24. The summed E-state index contributed by atoms with van der Waals surface area (Å²) in [4.78, 5) is 14.8. The molecule has 2 heterocycles. The van der Waals surface area contributed by atoms with Crippen LogP contribution in [-0.2, 0) is 11.2 Å². The second kappa shape index (κ2) is 6.59. The zero-order valence-corrected chi connectivity index (χ0v) is 12.2. The fourth-order valence-corrected chi connectivity index (χ4v) is 3.94. The van der Waals surface area contributed by atoms with Crippen molar-refractivity contribution in [3.8, 4) is 0 Å². The van der Waals surface area contributed by atoms with Crippen LogP contribution in [0.5, 0.6) is 0 Å². The number of thioether (sulfide) groups is 1. The molecule has 0 saturated heterocycles. The molecule has 0 amide bonds. The minimum Gasteiger partial charge on any atom is -0.480 e. The van der Waals surface area contributed by atoms with Gasteiger partial charge in [-0.25, -0.2) is 0 Å². The molecule has 1 N–H and O–H groups in total. The molecular formula is C13H19NO2S2. The molecule has 0 spiro atoms. The van der Waals surface area contributed by atoms with E-state index < -0.39 is 12.0 Å². The van der Waals surface area contributed by atoms with Crippen molar-refractivity contribution in [1.82, 2.24) is 4.90 Å². The van der Waals surface area contributed by atoms with E-state index in [1.54, 1.807) is 11.3 Å². The Morgan fingerprint density at radius 2 is 2.50 bits per heavy atom. The summed E-state index contributed by atoms with van der Waals surface area (Å²) in [6, 6.07) is 1.55. The van der Waals surface area contributed by atoms with E-state index in [0.29, 0.717) is 0 Å². The molecule has 0 aromatic carbocycles. The quantitative estimate of drug-likeness (QED) is 0.816. The Kier molecular flexibility index (Phi) is 5.09. The van der Waals surface area contributed by atoms with Gasteiger partial charge in [0.1, 0.15) is 6.04 Å². The number of hydrogen-bond acceptors (Lipinski definition) is 4. The van der Waals surface area contributed by atoms with Crippen LogP contribution in [0, 0.1) is 0 Å². The van der Waals surface area contributed by atoms with E-state index in [1.165, 1.54) is 4.88 Å². The number of thiophene rings is 1. The third-order valence-corrected chi connectivity index (χ3v) is 5.22. The van der Waals surface area contributed by atoms with Crippen LogP contribution in [0.1, 0.15) is 29.8 Å². The third kappa shape index (κ3) is 3.08. The Morgan fingerprint density at radius 3 is 3.22 bits per heavy atom. The van der Waals surface area contributed by atoms with E-state index in [9.17, 15) is 9.90 Å². The van der Waals surface area contributed by atoms with Crippen molar-refractivity contribution in [1.29, 1.82) is 0 Å². The maximum Gasteiger partial charge on any atom is 0.325 e. The van der Waals surface area contributed by atoms with Crippen molar-refractivity contribution in [3.63, 3.8) is 0 Å². The summed E-state index contributed by atoms with van der Waals surface area (Å²) >= 11 is 3.61. The number of fused-ring (bicyclic) bond motifs is 1. The van der Waals surface area contributed by atoms with Gasteiger partial charge in [-0.15, -0.1) is 11.3 Å². The van der Waals surface area contributed by atoms with Crippen molar-refractivity contribution >= 4 is 29.1 Å². The van der Waals surface area contributed by atoms with Gasteiger partial charge >= 0.3 is 5.97 Å². The molecule has 1 aromatic heterocycles. The van der Waals surface area contributed by atoms with Crippen LogP contribution in [0.25, 0.3) is 0 Å². The zero-order chi connectivity index (χ0) is 13.0. The van der Waals surface area contributed by atoms with Gasteiger partial charge in [0.05, 0.1) is 0 Å². The SMILES string of the molecule is CCSCCCN1CCc2sccc2C1C(=O)O. The number of aliphatic carboxylic acids is 1. The molecule has 0 fully saturated rings. The van der Waals surface area contributed by atoms with Crippen LogP contribution >= 0.6 is 23.1 Å². The topological polar surface area (TPSA) is 40.5 Å². The average Bonchev–Trinajstić information content (AvgIpc) is 2.81. The standard InChI is InChI=1S/C13H19NO2S2/c1-2-17-8-3-6-14-7-4-11-10(5-9-18-11)12(14)13(15)16/h5,9,12H,2-4,6-8H2,1H3,(H,15,16). The molecule has 1 aliphatic rings. The van der Waals surface area contributed by atoms with Gasteiger partial charge in [0, 0.05) is 18.0 Å². The van der Waals surface area contributed by atoms with Crippen molar-refractivity contribution in [2.24, 2.45) is 0 Å². The highest BCUT2D eigenvalue weighted by Gasteiger charge is 2.33. The Morgan fingerprint density at radius 1 is 1.67 bits per heavy atom. The van der Waals surface area contributed by atoms with Gasteiger partial charge in [-0.3, -0.25) is 9.69 Å². The van der Waals surface area contributed by atoms with Gasteiger partial charge in [-0.2, -0.15) is 11.8 Å². The molecule has 1 aliphatic heterocycles. The molecule has 0 radical (unpaired) electrons. The predicted molar refractivity (Wildman–Crippen MR) is 77.6 cm³/mol. The molecule has 0 saturated carbocycles. The van der Waals surface area contributed by atoms with Crippen molar-refractivity contribution < 1.29 is 9.90 Å². The van der Waals surface area contributed by atoms with Crippen molar-refractivity contribution in [2.75, 3.05) is 24.6 Å². The highest BCUT2D eigenvalue weighted by atomic mass is 32.2. The highest BCUT2D eigenvalue weighted by Crippen LogP contribution is 2.33. The van der Waals surface area contributed by atoms with Gasteiger partial charge in [0.2, 0.25) is 0 Å². The van der Waals surface area contributed by atoms with Crippen molar-refractivity contribution in [3.05, 3.63) is 21.9 Å². The number of carboxylic acids is 1. The van der Waals surface area contributed by atoms with E-state index in [1.807, 2.05) is 23.2 Å². The fraction of sp³-hybridized carbons (Fsp3) is 0.615. The predicted octanol–water partition coefficient (Wildman–Crippen LogP) is 2.88. The molecule has 2 rings (SSSR count). The lowest BCUT2D eigenvalue weighted by molar-refractivity contribution is -0.144. The van der Waals surface area contributed by atoms with E-state index in [0.717, 1.165) is 43.0 Å². The first-order valence-corrected chi connectivity index (χ1v) is 8.38. The summed E-state index contributed by atoms with van der Waals surface area (Å²) in [6.07, 6.45) is 2.07. The Bertz CT molecular complexity index is 405. The summed E-state index contributed by atoms with van der Waals surface area (Å²) in [7, 11) is 0. The summed E-state index contributed by atoms with van der Waals surface area (Å²) in [5, 5.41) is 11.4. The Hall–Kier alpha value is -0.520. The zero-order valence-electron chi connectivity index (χ0n) is 10.6. The van der Waals surface area contributed by atoms with Gasteiger partial charge in [-0.1, -0.05) is 6.92 Å². The summed E-state index contributed by atoms with van der Waals surface area (Å²) in [5.74, 6) is 1.55. The normalized spacial score (nSPS) is 19.7. The Labute approximate surface area is 116 Å². The molecule has 1 unspecified atom stereocenters. The largest absolute Gasteiger partial charge is 0.480 e. The number of hydrogen-bond donors (Lipinski definition) is 1. The molecule has 0 bridgehead atoms. The van der Waals surface area contributed by atoms with E-state index in [4.69, 9.17) is 0 Å². The van der Waals surface area contributed by atoms with Gasteiger partial charge < -0.3 is 5.11 Å². The maximum atomic E-state index is 11.5.